The Kier molecular flexibility index (Phi) is 3.55. The molecule has 1 aromatic carbocycles. The van der Waals surface area contributed by atoms with E-state index in [2.05, 4.69) is 9.97 Å². The Morgan fingerprint density at radius 2 is 1.95 bits per heavy atom. The first-order chi connectivity index (χ1) is 8.64. The molecule has 0 aliphatic rings. The fraction of sp³-hybridized carbons (Fsp3) is 0.364. The van der Waals surface area contributed by atoms with Crippen molar-refractivity contribution in [2.75, 3.05) is 14.1 Å². The van der Waals surface area contributed by atoms with Gasteiger partial charge in [0.25, 0.3) is 0 Å². The van der Waals surface area contributed by atoms with Crippen molar-refractivity contribution >= 4 is 44.3 Å². The number of para-hydroxylation sites is 1. The fourth-order valence-corrected chi connectivity index (χ4v) is 2.84. The molecule has 0 radical (unpaired) electrons. The minimum absolute atomic E-state index is 0.120. The van der Waals surface area contributed by atoms with E-state index in [-0.39, 0.29) is 4.90 Å². The summed E-state index contributed by atoms with van der Waals surface area (Å²) in [5.74, 6) is 0.312. The molecular formula is C11H13Cl2N3O2S. The van der Waals surface area contributed by atoms with Crippen LogP contribution in [0, 0.1) is 0 Å². The highest BCUT2D eigenvalue weighted by Crippen LogP contribution is 2.33. The zero-order chi connectivity index (χ0) is 14.4. The van der Waals surface area contributed by atoms with Crippen LogP contribution in [0.1, 0.15) is 12.7 Å². The van der Waals surface area contributed by atoms with E-state index in [1.807, 2.05) is 0 Å². The lowest BCUT2D eigenvalue weighted by Crippen LogP contribution is -2.22. The summed E-state index contributed by atoms with van der Waals surface area (Å²) in [4.78, 5) is 7.26. The van der Waals surface area contributed by atoms with Gasteiger partial charge in [-0.1, -0.05) is 29.3 Å². The SMILES string of the molecule is CN(C)S(=O)(=O)c1cccc2[nH]c(C(C)(Cl)Cl)nc12. The highest BCUT2D eigenvalue weighted by molar-refractivity contribution is 7.89. The van der Waals surface area contributed by atoms with Crippen molar-refractivity contribution in [2.45, 2.75) is 16.2 Å². The van der Waals surface area contributed by atoms with Crippen molar-refractivity contribution in [2.24, 2.45) is 0 Å². The molecule has 0 unspecified atom stereocenters. The van der Waals surface area contributed by atoms with Gasteiger partial charge in [-0.3, -0.25) is 0 Å². The van der Waals surface area contributed by atoms with Gasteiger partial charge in [0, 0.05) is 14.1 Å². The Balaban J connectivity index is 2.75. The zero-order valence-corrected chi connectivity index (χ0v) is 12.9. The summed E-state index contributed by atoms with van der Waals surface area (Å²) in [7, 11) is -0.637. The van der Waals surface area contributed by atoms with Crippen LogP contribution in [-0.4, -0.2) is 36.8 Å². The quantitative estimate of drug-likeness (QED) is 0.883. The third kappa shape index (κ3) is 2.58. The molecule has 1 aromatic heterocycles. The summed E-state index contributed by atoms with van der Waals surface area (Å²) >= 11 is 11.9. The van der Waals surface area contributed by atoms with Crippen LogP contribution in [0.25, 0.3) is 11.0 Å². The summed E-state index contributed by atoms with van der Waals surface area (Å²) in [5.41, 5.74) is 0.907. The van der Waals surface area contributed by atoms with Gasteiger partial charge in [-0.25, -0.2) is 17.7 Å². The van der Waals surface area contributed by atoms with E-state index in [4.69, 9.17) is 23.2 Å². The highest BCUT2D eigenvalue weighted by atomic mass is 35.5. The predicted molar refractivity (Wildman–Crippen MR) is 76.0 cm³/mol. The number of nitrogens with one attached hydrogen (secondary N) is 1. The summed E-state index contributed by atoms with van der Waals surface area (Å²) in [5, 5.41) is 0. The number of alkyl halides is 2. The molecule has 0 atom stereocenters. The second kappa shape index (κ2) is 4.63. The number of rotatable bonds is 3. The molecule has 2 rings (SSSR count). The normalized spacial score (nSPS) is 13.4. The number of fused-ring (bicyclic) bond motifs is 1. The number of halogens is 2. The van der Waals surface area contributed by atoms with Gasteiger partial charge < -0.3 is 4.98 Å². The first-order valence-corrected chi connectivity index (χ1v) is 7.63. The van der Waals surface area contributed by atoms with Crippen LogP contribution >= 0.6 is 23.2 Å². The van der Waals surface area contributed by atoms with Gasteiger partial charge in [-0.2, -0.15) is 0 Å². The Bertz CT molecular complexity index is 717. The minimum Gasteiger partial charge on any atom is -0.339 e. The average Bonchev–Trinajstić information content (AvgIpc) is 2.71. The maximum Gasteiger partial charge on any atom is 0.244 e. The van der Waals surface area contributed by atoms with Crippen molar-refractivity contribution in [1.82, 2.24) is 14.3 Å². The van der Waals surface area contributed by atoms with Gasteiger partial charge >= 0.3 is 0 Å². The molecule has 5 nitrogen and oxygen atoms in total. The number of hydrogen-bond acceptors (Lipinski definition) is 3. The van der Waals surface area contributed by atoms with Gasteiger partial charge in [-0.15, -0.1) is 0 Å². The van der Waals surface area contributed by atoms with Crippen molar-refractivity contribution in [3.05, 3.63) is 24.0 Å². The fourth-order valence-electron chi connectivity index (χ4n) is 1.62. The number of aromatic amines is 1. The number of benzene rings is 1. The molecular weight excluding hydrogens is 309 g/mol. The lowest BCUT2D eigenvalue weighted by molar-refractivity contribution is 0.521. The number of nitrogens with zero attached hydrogens (tertiary/aromatic N) is 2. The Hall–Kier alpha value is -0.820. The van der Waals surface area contributed by atoms with E-state index in [1.54, 1.807) is 19.1 Å². The van der Waals surface area contributed by atoms with Crippen LogP contribution in [0.5, 0.6) is 0 Å². The Morgan fingerprint density at radius 3 is 2.47 bits per heavy atom. The number of hydrogen-bond donors (Lipinski definition) is 1. The molecule has 19 heavy (non-hydrogen) atoms. The maximum absolute atomic E-state index is 12.2. The molecule has 8 heteroatoms. The van der Waals surface area contributed by atoms with E-state index in [0.717, 1.165) is 4.31 Å². The number of H-pyrrole nitrogens is 1. The second-order valence-corrected chi connectivity index (χ2v) is 8.24. The maximum atomic E-state index is 12.2. The molecule has 0 spiro atoms. The summed E-state index contributed by atoms with van der Waals surface area (Å²) < 4.78 is 24.3. The van der Waals surface area contributed by atoms with Crippen molar-refractivity contribution < 1.29 is 8.42 Å². The van der Waals surface area contributed by atoms with Crippen molar-refractivity contribution in [3.8, 4) is 0 Å². The molecule has 0 bridgehead atoms. The van der Waals surface area contributed by atoms with Crippen LogP contribution in [0.4, 0.5) is 0 Å². The van der Waals surface area contributed by atoms with E-state index in [0.29, 0.717) is 16.9 Å². The molecule has 104 valence electrons. The van der Waals surface area contributed by atoms with Crippen molar-refractivity contribution in [3.63, 3.8) is 0 Å². The largest absolute Gasteiger partial charge is 0.339 e. The van der Waals surface area contributed by atoms with Gasteiger partial charge in [0.05, 0.1) is 5.52 Å². The Morgan fingerprint density at radius 1 is 1.32 bits per heavy atom. The molecule has 0 aliphatic heterocycles. The standard InChI is InChI=1S/C11H13Cl2N3O2S/c1-11(12,13)10-14-7-5-4-6-8(9(7)15-10)19(17,18)16(2)3/h4-6H,1-3H3,(H,14,15). The zero-order valence-electron chi connectivity index (χ0n) is 10.6. The van der Waals surface area contributed by atoms with E-state index < -0.39 is 14.4 Å². The lowest BCUT2D eigenvalue weighted by Gasteiger charge is -2.11. The molecule has 1 heterocycles. The monoisotopic (exact) mass is 321 g/mol. The van der Waals surface area contributed by atoms with E-state index in [9.17, 15) is 8.42 Å². The number of aromatic nitrogens is 2. The number of imidazole rings is 1. The summed E-state index contributed by atoms with van der Waals surface area (Å²) in [6.07, 6.45) is 0. The topological polar surface area (TPSA) is 66.1 Å². The highest BCUT2D eigenvalue weighted by Gasteiger charge is 2.27. The third-order valence-electron chi connectivity index (χ3n) is 2.65. The lowest BCUT2D eigenvalue weighted by atomic mass is 10.3. The second-order valence-electron chi connectivity index (χ2n) is 4.41. The smallest absolute Gasteiger partial charge is 0.244 e. The van der Waals surface area contributed by atoms with Crippen LogP contribution in [-0.2, 0) is 14.4 Å². The average molecular weight is 322 g/mol. The van der Waals surface area contributed by atoms with E-state index in [1.165, 1.54) is 20.2 Å². The molecule has 0 aliphatic carbocycles. The molecule has 0 saturated heterocycles. The van der Waals surface area contributed by atoms with Crippen LogP contribution < -0.4 is 0 Å². The van der Waals surface area contributed by atoms with Crippen LogP contribution in [0.3, 0.4) is 0 Å². The minimum atomic E-state index is -3.57. The number of sulfonamides is 1. The van der Waals surface area contributed by atoms with E-state index >= 15 is 0 Å². The van der Waals surface area contributed by atoms with Crippen molar-refractivity contribution in [1.29, 1.82) is 0 Å². The first-order valence-electron chi connectivity index (χ1n) is 5.43. The van der Waals surface area contributed by atoms with Gasteiger partial charge in [0.1, 0.15) is 16.2 Å². The molecule has 1 N–H and O–H groups in total. The molecule has 0 fully saturated rings. The molecule has 2 aromatic rings. The van der Waals surface area contributed by atoms with Crippen LogP contribution in [0.15, 0.2) is 23.1 Å². The first kappa shape index (κ1) is 14.6. The third-order valence-corrected chi connectivity index (χ3v) is 4.85. The molecule has 0 saturated carbocycles. The Labute approximate surface area is 121 Å². The van der Waals surface area contributed by atoms with Gasteiger partial charge in [-0.05, 0) is 19.1 Å². The summed E-state index contributed by atoms with van der Waals surface area (Å²) in [6.45, 7) is 1.56. The van der Waals surface area contributed by atoms with Gasteiger partial charge in [0.15, 0.2) is 4.33 Å². The molecule has 0 amide bonds. The van der Waals surface area contributed by atoms with Gasteiger partial charge in [0.2, 0.25) is 10.0 Å². The summed E-state index contributed by atoms with van der Waals surface area (Å²) in [6, 6.07) is 4.86. The van der Waals surface area contributed by atoms with Crippen LogP contribution in [0.2, 0.25) is 0 Å². The predicted octanol–water partition coefficient (Wildman–Crippen LogP) is 2.46.